The first-order valence-electron chi connectivity index (χ1n) is 5.05. The maximum Gasteiger partial charge on any atom is 0.187 e. The molecule has 6 heteroatoms. The fraction of sp³-hybridized carbons (Fsp3) is 0.182. The minimum Gasteiger partial charge on any atom is -0.306 e. The van der Waals surface area contributed by atoms with Crippen molar-refractivity contribution < 1.29 is 4.39 Å². The van der Waals surface area contributed by atoms with Gasteiger partial charge < -0.3 is 5.43 Å². The van der Waals surface area contributed by atoms with Crippen molar-refractivity contribution in [2.24, 2.45) is 5.84 Å². The van der Waals surface area contributed by atoms with Crippen LogP contribution < -0.4 is 11.3 Å². The summed E-state index contributed by atoms with van der Waals surface area (Å²) in [5.41, 5.74) is 4.04. The van der Waals surface area contributed by atoms with Crippen molar-refractivity contribution in [3.05, 3.63) is 35.4 Å². The van der Waals surface area contributed by atoms with Crippen molar-refractivity contribution in [3.63, 3.8) is 0 Å². The van der Waals surface area contributed by atoms with Crippen LogP contribution in [0.3, 0.4) is 0 Å². The van der Waals surface area contributed by atoms with Gasteiger partial charge in [-0.25, -0.2) is 20.2 Å². The molecule has 0 atom stereocenters. The number of pyridine rings is 1. The van der Waals surface area contributed by atoms with Crippen molar-refractivity contribution in [2.75, 3.05) is 5.43 Å². The van der Waals surface area contributed by atoms with Gasteiger partial charge in [0, 0.05) is 6.20 Å². The third-order valence-electron chi connectivity index (χ3n) is 2.29. The SMILES string of the molecule is Cc1ccc(-c2nc(C)c(F)c(NN)n2)nc1. The van der Waals surface area contributed by atoms with Gasteiger partial charge >= 0.3 is 0 Å². The van der Waals surface area contributed by atoms with Gasteiger partial charge in [-0.3, -0.25) is 4.98 Å². The van der Waals surface area contributed by atoms with Gasteiger partial charge in [-0.2, -0.15) is 0 Å². The second-order valence-corrected chi connectivity index (χ2v) is 3.66. The molecule has 2 aromatic heterocycles. The monoisotopic (exact) mass is 233 g/mol. The lowest BCUT2D eigenvalue weighted by atomic mass is 10.2. The molecule has 0 aliphatic heterocycles. The first-order valence-corrected chi connectivity index (χ1v) is 5.05. The fourth-order valence-electron chi connectivity index (χ4n) is 1.37. The van der Waals surface area contributed by atoms with Crippen LogP contribution in [0.5, 0.6) is 0 Å². The topological polar surface area (TPSA) is 76.7 Å². The van der Waals surface area contributed by atoms with Crippen LogP contribution in [0.4, 0.5) is 10.2 Å². The lowest BCUT2D eigenvalue weighted by molar-refractivity contribution is 0.606. The third kappa shape index (κ3) is 2.21. The molecule has 0 unspecified atom stereocenters. The van der Waals surface area contributed by atoms with E-state index in [0.717, 1.165) is 5.56 Å². The van der Waals surface area contributed by atoms with Gasteiger partial charge in [0.05, 0.1) is 5.69 Å². The van der Waals surface area contributed by atoms with Crippen LogP contribution in [0.25, 0.3) is 11.5 Å². The van der Waals surface area contributed by atoms with Crippen LogP contribution in [0, 0.1) is 19.7 Å². The number of hydrogen-bond donors (Lipinski definition) is 2. The van der Waals surface area contributed by atoms with Gasteiger partial charge in [-0.1, -0.05) is 6.07 Å². The standard InChI is InChI=1S/C11H12FN5/c1-6-3-4-8(14-5-6)10-15-7(2)9(12)11(16-10)17-13/h3-5H,13H2,1-2H3,(H,15,16,17). The number of nitrogens with one attached hydrogen (secondary N) is 1. The van der Waals surface area contributed by atoms with Gasteiger partial charge in [0.1, 0.15) is 5.69 Å². The maximum absolute atomic E-state index is 13.5. The molecule has 0 saturated carbocycles. The number of nitrogens with two attached hydrogens (primary N) is 1. The highest BCUT2D eigenvalue weighted by Gasteiger charge is 2.12. The second-order valence-electron chi connectivity index (χ2n) is 3.66. The molecule has 3 N–H and O–H groups in total. The smallest absolute Gasteiger partial charge is 0.187 e. The van der Waals surface area contributed by atoms with E-state index in [-0.39, 0.29) is 11.5 Å². The molecular weight excluding hydrogens is 221 g/mol. The Morgan fingerprint density at radius 2 is 2.00 bits per heavy atom. The van der Waals surface area contributed by atoms with E-state index in [1.165, 1.54) is 0 Å². The number of anilines is 1. The van der Waals surface area contributed by atoms with Gasteiger partial charge in [0.2, 0.25) is 0 Å². The van der Waals surface area contributed by atoms with Crippen molar-refractivity contribution in [1.29, 1.82) is 0 Å². The molecule has 0 aliphatic rings. The Morgan fingerprint density at radius 3 is 2.59 bits per heavy atom. The Labute approximate surface area is 97.9 Å². The average Bonchev–Trinajstić information content (AvgIpc) is 2.33. The minimum absolute atomic E-state index is 0.0325. The summed E-state index contributed by atoms with van der Waals surface area (Å²) < 4.78 is 13.5. The summed E-state index contributed by atoms with van der Waals surface area (Å²) in [7, 11) is 0. The van der Waals surface area contributed by atoms with Crippen LogP contribution in [-0.4, -0.2) is 15.0 Å². The Hall–Kier alpha value is -2.08. The molecular formula is C11H12FN5. The molecule has 0 spiro atoms. The molecule has 88 valence electrons. The summed E-state index contributed by atoms with van der Waals surface area (Å²) in [6.07, 6.45) is 1.70. The van der Waals surface area contributed by atoms with E-state index in [1.54, 1.807) is 19.2 Å². The van der Waals surface area contributed by atoms with Crippen molar-refractivity contribution in [1.82, 2.24) is 15.0 Å². The summed E-state index contributed by atoms with van der Waals surface area (Å²) in [4.78, 5) is 12.2. The summed E-state index contributed by atoms with van der Waals surface area (Å²) in [5.74, 6) is 4.95. The first kappa shape index (κ1) is 11.4. The molecule has 0 amide bonds. The quantitative estimate of drug-likeness (QED) is 0.608. The summed E-state index contributed by atoms with van der Waals surface area (Å²) in [5, 5.41) is 0. The molecule has 0 radical (unpaired) electrons. The van der Waals surface area contributed by atoms with E-state index in [0.29, 0.717) is 11.5 Å². The van der Waals surface area contributed by atoms with E-state index in [9.17, 15) is 4.39 Å². The molecule has 2 heterocycles. The van der Waals surface area contributed by atoms with Crippen molar-refractivity contribution >= 4 is 5.82 Å². The number of rotatable bonds is 2. The highest BCUT2D eigenvalue weighted by Crippen LogP contribution is 2.18. The van der Waals surface area contributed by atoms with Crippen LogP contribution in [0.1, 0.15) is 11.3 Å². The van der Waals surface area contributed by atoms with Gasteiger partial charge in [0.25, 0.3) is 0 Å². The molecule has 0 fully saturated rings. The van der Waals surface area contributed by atoms with E-state index in [2.05, 4.69) is 20.4 Å². The van der Waals surface area contributed by atoms with Crippen molar-refractivity contribution in [2.45, 2.75) is 13.8 Å². The van der Waals surface area contributed by atoms with E-state index in [1.807, 2.05) is 13.0 Å². The first-order chi connectivity index (χ1) is 8.11. The van der Waals surface area contributed by atoms with Crippen LogP contribution in [0.2, 0.25) is 0 Å². The number of halogens is 1. The average molecular weight is 233 g/mol. The van der Waals surface area contributed by atoms with Gasteiger partial charge in [-0.05, 0) is 25.5 Å². The Balaban J connectivity index is 2.52. The number of hydrogen-bond acceptors (Lipinski definition) is 5. The highest BCUT2D eigenvalue weighted by molar-refractivity contribution is 5.53. The summed E-state index contributed by atoms with van der Waals surface area (Å²) in [6.45, 7) is 3.48. The normalized spacial score (nSPS) is 10.4. The van der Waals surface area contributed by atoms with Crippen LogP contribution >= 0.6 is 0 Å². The zero-order chi connectivity index (χ0) is 12.4. The number of nitrogen functional groups attached to an aromatic ring is 1. The van der Waals surface area contributed by atoms with Crippen LogP contribution in [-0.2, 0) is 0 Å². The molecule has 5 nitrogen and oxygen atoms in total. The number of nitrogens with zero attached hydrogens (tertiary/aromatic N) is 3. The molecule has 0 aromatic carbocycles. The molecule has 0 saturated heterocycles. The van der Waals surface area contributed by atoms with Gasteiger partial charge in [0.15, 0.2) is 17.5 Å². The zero-order valence-corrected chi connectivity index (χ0v) is 9.53. The summed E-state index contributed by atoms with van der Waals surface area (Å²) in [6, 6.07) is 3.67. The predicted octanol–water partition coefficient (Wildman–Crippen LogP) is 1.58. The van der Waals surface area contributed by atoms with Crippen molar-refractivity contribution in [3.8, 4) is 11.5 Å². The maximum atomic E-state index is 13.5. The van der Waals surface area contributed by atoms with E-state index in [4.69, 9.17) is 5.84 Å². The lowest BCUT2D eigenvalue weighted by Gasteiger charge is -2.06. The van der Waals surface area contributed by atoms with Gasteiger partial charge in [-0.15, -0.1) is 0 Å². The Morgan fingerprint density at radius 1 is 1.24 bits per heavy atom. The number of aryl methyl sites for hydroxylation is 2. The largest absolute Gasteiger partial charge is 0.306 e. The molecule has 0 bridgehead atoms. The summed E-state index contributed by atoms with van der Waals surface area (Å²) >= 11 is 0. The predicted molar refractivity (Wildman–Crippen MR) is 62.5 cm³/mol. The zero-order valence-electron chi connectivity index (χ0n) is 9.53. The third-order valence-corrected chi connectivity index (χ3v) is 2.29. The van der Waals surface area contributed by atoms with Crippen LogP contribution in [0.15, 0.2) is 18.3 Å². The highest BCUT2D eigenvalue weighted by atomic mass is 19.1. The lowest BCUT2D eigenvalue weighted by Crippen LogP contribution is -2.13. The fourth-order valence-corrected chi connectivity index (χ4v) is 1.37. The Kier molecular flexibility index (Phi) is 2.97. The minimum atomic E-state index is -0.552. The number of aromatic nitrogens is 3. The Bertz CT molecular complexity index is 538. The molecule has 17 heavy (non-hydrogen) atoms. The number of hydrazine groups is 1. The molecule has 2 aromatic rings. The van der Waals surface area contributed by atoms with E-state index >= 15 is 0 Å². The molecule has 2 rings (SSSR count). The van der Waals surface area contributed by atoms with E-state index < -0.39 is 5.82 Å². The molecule has 0 aliphatic carbocycles. The second kappa shape index (κ2) is 4.42.